The lowest BCUT2D eigenvalue weighted by atomic mass is 10.0. The molecule has 0 spiro atoms. The Labute approximate surface area is 96.4 Å². The second kappa shape index (κ2) is 4.37. The molecule has 0 bridgehead atoms. The number of amides is 6. The first-order chi connectivity index (χ1) is 7.77. The molecule has 0 saturated carbocycles. The summed E-state index contributed by atoms with van der Waals surface area (Å²) in [5.74, 6) is -1.91. The van der Waals surface area contributed by atoms with Gasteiger partial charge in [0.25, 0.3) is 11.8 Å². The fourth-order valence-corrected chi connectivity index (χ4v) is 0.909. The Morgan fingerprint density at radius 2 is 1.71 bits per heavy atom. The Morgan fingerprint density at radius 1 is 1.24 bits per heavy atom. The summed E-state index contributed by atoms with van der Waals surface area (Å²) in [5, 5.41) is 3.71. The summed E-state index contributed by atoms with van der Waals surface area (Å²) in [7, 11) is 2.90. The topological polar surface area (TPSA) is 117 Å². The zero-order chi connectivity index (χ0) is 13.2. The number of carbonyl (C=O) groups is 4. The van der Waals surface area contributed by atoms with Crippen LogP contribution in [0.5, 0.6) is 0 Å². The van der Waals surface area contributed by atoms with Crippen molar-refractivity contribution in [1.29, 1.82) is 0 Å². The van der Waals surface area contributed by atoms with E-state index in [2.05, 4.69) is 0 Å². The highest BCUT2D eigenvalue weighted by molar-refractivity contribution is 6.21. The maximum atomic E-state index is 11.4. The van der Waals surface area contributed by atoms with Crippen LogP contribution >= 0.6 is 0 Å². The molecule has 1 saturated heterocycles. The van der Waals surface area contributed by atoms with Crippen LogP contribution in [0.2, 0.25) is 0 Å². The minimum atomic E-state index is -1.99. The standard InChI is InChI=1S/C8H12N4O5/c1-8(17-11-7(16)12(2)3)4(13)9-6(15)10-5(8)14/h1-3H3,(H,11,16)(H2,9,10,13,14,15). The Bertz CT molecular complexity index is 371. The van der Waals surface area contributed by atoms with E-state index in [1.54, 1.807) is 0 Å². The number of nitrogens with one attached hydrogen (secondary N) is 3. The number of urea groups is 2. The summed E-state index contributed by atoms with van der Waals surface area (Å²) in [6, 6.07) is -1.58. The van der Waals surface area contributed by atoms with E-state index in [0.29, 0.717) is 0 Å². The van der Waals surface area contributed by atoms with Crippen LogP contribution in [0.25, 0.3) is 0 Å². The van der Waals surface area contributed by atoms with E-state index >= 15 is 0 Å². The van der Waals surface area contributed by atoms with Gasteiger partial charge in [-0.15, -0.1) is 0 Å². The first-order valence-corrected chi connectivity index (χ1v) is 4.59. The van der Waals surface area contributed by atoms with E-state index in [-0.39, 0.29) is 0 Å². The number of barbiturate groups is 1. The number of nitrogens with zero attached hydrogens (tertiary/aromatic N) is 1. The fourth-order valence-electron chi connectivity index (χ4n) is 0.909. The van der Waals surface area contributed by atoms with Crippen LogP contribution < -0.4 is 16.1 Å². The third kappa shape index (κ3) is 2.50. The van der Waals surface area contributed by atoms with E-state index in [1.807, 2.05) is 16.1 Å². The van der Waals surface area contributed by atoms with Crippen LogP contribution in [-0.4, -0.2) is 48.5 Å². The molecule has 6 amide bonds. The second-order valence-corrected chi connectivity index (χ2v) is 3.67. The quantitative estimate of drug-likeness (QED) is 0.396. The fraction of sp³-hybridized carbons (Fsp3) is 0.500. The molecule has 1 heterocycles. The molecule has 1 rings (SSSR count). The summed E-state index contributed by atoms with van der Waals surface area (Å²) in [6.07, 6.45) is 0. The first kappa shape index (κ1) is 12.9. The number of hydrogen-bond donors (Lipinski definition) is 3. The number of hydroxylamine groups is 1. The third-order valence-electron chi connectivity index (χ3n) is 2.07. The van der Waals surface area contributed by atoms with Gasteiger partial charge in [0.2, 0.25) is 5.60 Å². The minimum absolute atomic E-state index is 0.649. The molecule has 0 aliphatic carbocycles. The molecule has 1 aliphatic rings. The minimum Gasteiger partial charge on any atom is -0.329 e. The number of imide groups is 2. The average molecular weight is 244 g/mol. The van der Waals surface area contributed by atoms with Gasteiger partial charge in [-0.1, -0.05) is 0 Å². The number of carbonyl (C=O) groups excluding carboxylic acids is 4. The van der Waals surface area contributed by atoms with Crippen LogP contribution in [0.3, 0.4) is 0 Å². The number of hydrogen-bond acceptors (Lipinski definition) is 5. The second-order valence-electron chi connectivity index (χ2n) is 3.67. The Morgan fingerprint density at radius 3 is 2.12 bits per heavy atom. The van der Waals surface area contributed by atoms with Crippen molar-refractivity contribution in [2.45, 2.75) is 12.5 Å². The maximum Gasteiger partial charge on any atom is 0.340 e. The SMILES string of the molecule is CN(C)C(=O)NOC1(C)C(=O)NC(=O)NC1=O. The third-order valence-corrected chi connectivity index (χ3v) is 2.07. The lowest BCUT2D eigenvalue weighted by Gasteiger charge is -2.29. The Kier molecular flexibility index (Phi) is 3.32. The highest BCUT2D eigenvalue weighted by Crippen LogP contribution is 2.12. The predicted octanol–water partition coefficient (Wildman–Crippen LogP) is -1.69. The molecule has 1 fully saturated rings. The monoisotopic (exact) mass is 244 g/mol. The normalized spacial score (nSPS) is 18.2. The highest BCUT2D eigenvalue weighted by Gasteiger charge is 2.49. The molecule has 0 aromatic heterocycles. The summed E-state index contributed by atoms with van der Waals surface area (Å²) in [5.41, 5.74) is -0.0645. The summed E-state index contributed by atoms with van der Waals surface area (Å²) < 4.78 is 0. The largest absolute Gasteiger partial charge is 0.340 e. The summed E-state index contributed by atoms with van der Waals surface area (Å²) in [6.45, 7) is 1.13. The van der Waals surface area contributed by atoms with Crippen molar-refractivity contribution in [1.82, 2.24) is 21.0 Å². The van der Waals surface area contributed by atoms with Crippen molar-refractivity contribution in [2.75, 3.05) is 14.1 Å². The van der Waals surface area contributed by atoms with Crippen LogP contribution in [0, 0.1) is 0 Å². The van der Waals surface area contributed by atoms with Gasteiger partial charge >= 0.3 is 12.1 Å². The van der Waals surface area contributed by atoms with E-state index in [4.69, 9.17) is 4.84 Å². The molecule has 3 N–H and O–H groups in total. The molecule has 0 unspecified atom stereocenters. The predicted molar refractivity (Wildman–Crippen MR) is 53.4 cm³/mol. The van der Waals surface area contributed by atoms with E-state index in [9.17, 15) is 19.2 Å². The lowest BCUT2D eigenvalue weighted by molar-refractivity contribution is -0.166. The van der Waals surface area contributed by atoms with Crippen molar-refractivity contribution in [3.63, 3.8) is 0 Å². The van der Waals surface area contributed by atoms with Crippen LogP contribution in [0.4, 0.5) is 9.59 Å². The van der Waals surface area contributed by atoms with E-state index < -0.39 is 29.5 Å². The molecule has 94 valence electrons. The van der Waals surface area contributed by atoms with Gasteiger partial charge in [-0.3, -0.25) is 20.2 Å². The van der Waals surface area contributed by atoms with E-state index in [1.165, 1.54) is 14.1 Å². The molecule has 0 radical (unpaired) electrons. The Balaban J connectivity index is 2.73. The zero-order valence-electron chi connectivity index (χ0n) is 9.49. The molecular formula is C8H12N4O5. The van der Waals surface area contributed by atoms with Crippen molar-refractivity contribution in [3.8, 4) is 0 Å². The van der Waals surface area contributed by atoms with Crippen molar-refractivity contribution in [2.24, 2.45) is 0 Å². The molecule has 9 nitrogen and oxygen atoms in total. The molecule has 9 heteroatoms. The van der Waals surface area contributed by atoms with Gasteiger partial charge in [0.15, 0.2) is 0 Å². The van der Waals surface area contributed by atoms with Gasteiger partial charge < -0.3 is 4.90 Å². The number of rotatable bonds is 2. The van der Waals surface area contributed by atoms with Crippen LogP contribution in [-0.2, 0) is 14.4 Å². The van der Waals surface area contributed by atoms with Gasteiger partial charge in [0.05, 0.1) is 0 Å². The molecule has 1 aliphatic heterocycles. The van der Waals surface area contributed by atoms with Crippen LogP contribution in [0.15, 0.2) is 0 Å². The first-order valence-electron chi connectivity index (χ1n) is 4.59. The molecule has 0 aromatic carbocycles. The van der Waals surface area contributed by atoms with Crippen molar-refractivity contribution >= 4 is 23.9 Å². The molecule has 0 aromatic rings. The average Bonchev–Trinajstić information content (AvgIpc) is 2.22. The van der Waals surface area contributed by atoms with Crippen LogP contribution in [0.1, 0.15) is 6.92 Å². The van der Waals surface area contributed by atoms with Gasteiger partial charge in [-0.2, -0.15) is 0 Å². The Hall–Kier alpha value is -2.16. The van der Waals surface area contributed by atoms with Gasteiger partial charge in [-0.05, 0) is 6.92 Å². The highest BCUT2D eigenvalue weighted by atomic mass is 16.7. The summed E-state index contributed by atoms with van der Waals surface area (Å²) >= 11 is 0. The summed E-state index contributed by atoms with van der Waals surface area (Å²) in [4.78, 5) is 50.7. The maximum absolute atomic E-state index is 11.4. The lowest BCUT2D eigenvalue weighted by Crippen LogP contribution is -2.67. The zero-order valence-corrected chi connectivity index (χ0v) is 9.49. The van der Waals surface area contributed by atoms with Gasteiger partial charge in [0, 0.05) is 14.1 Å². The van der Waals surface area contributed by atoms with E-state index in [0.717, 1.165) is 11.8 Å². The molecule has 0 atom stereocenters. The van der Waals surface area contributed by atoms with Crippen molar-refractivity contribution < 1.29 is 24.0 Å². The molecule has 17 heavy (non-hydrogen) atoms. The van der Waals surface area contributed by atoms with Crippen molar-refractivity contribution in [3.05, 3.63) is 0 Å². The van der Waals surface area contributed by atoms with Gasteiger partial charge in [0.1, 0.15) is 0 Å². The molecular weight excluding hydrogens is 232 g/mol. The smallest absolute Gasteiger partial charge is 0.329 e. The van der Waals surface area contributed by atoms with Gasteiger partial charge in [-0.25, -0.2) is 19.9 Å².